The second-order valence-corrected chi connectivity index (χ2v) is 8.69. The quantitative estimate of drug-likeness (QED) is 0.730. The maximum Gasteiger partial charge on any atom is 0.407 e. The molecule has 0 spiro atoms. The van der Waals surface area contributed by atoms with Gasteiger partial charge in [0.05, 0.1) is 18.3 Å². The zero-order valence-electron chi connectivity index (χ0n) is 18.1. The number of benzene rings is 1. The Morgan fingerprint density at radius 1 is 1.25 bits per heavy atom. The van der Waals surface area contributed by atoms with E-state index >= 15 is 0 Å². The SMILES string of the molecule is CC(C)(C)OC(=O)NC[C@H]1c2cn(C(N)=O)nc2[C@H]2CN1C(=O)N2OCc1ccccc1. The van der Waals surface area contributed by atoms with Crippen LogP contribution in [0.25, 0.3) is 0 Å². The Labute approximate surface area is 185 Å². The molecule has 4 rings (SSSR count). The Hall–Kier alpha value is -3.60. The molecule has 0 unspecified atom stereocenters. The van der Waals surface area contributed by atoms with Crippen molar-refractivity contribution in [3.63, 3.8) is 0 Å². The molecule has 2 aromatic rings. The van der Waals surface area contributed by atoms with Crippen molar-refractivity contribution >= 4 is 18.2 Å². The number of ether oxygens (including phenoxy) is 1. The van der Waals surface area contributed by atoms with Gasteiger partial charge in [0, 0.05) is 18.3 Å². The number of amides is 4. The molecule has 1 aromatic heterocycles. The van der Waals surface area contributed by atoms with Gasteiger partial charge in [-0.1, -0.05) is 30.3 Å². The highest BCUT2D eigenvalue weighted by atomic mass is 16.7. The Bertz CT molecular complexity index is 1030. The molecule has 2 bridgehead atoms. The van der Waals surface area contributed by atoms with Crippen LogP contribution in [0.2, 0.25) is 0 Å². The first-order chi connectivity index (χ1) is 15.1. The van der Waals surface area contributed by atoms with Gasteiger partial charge in [0.15, 0.2) is 0 Å². The molecule has 1 saturated heterocycles. The van der Waals surface area contributed by atoms with Gasteiger partial charge in [0.2, 0.25) is 0 Å². The van der Waals surface area contributed by atoms with E-state index in [0.29, 0.717) is 17.8 Å². The van der Waals surface area contributed by atoms with Crippen LogP contribution >= 0.6 is 0 Å². The van der Waals surface area contributed by atoms with Crippen LogP contribution in [0.4, 0.5) is 14.4 Å². The fraction of sp³-hybridized carbons (Fsp3) is 0.429. The molecule has 2 aliphatic heterocycles. The maximum atomic E-state index is 13.1. The van der Waals surface area contributed by atoms with Gasteiger partial charge in [-0.05, 0) is 26.3 Å². The second-order valence-electron chi connectivity index (χ2n) is 8.69. The number of hydrogen-bond acceptors (Lipinski definition) is 6. The van der Waals surface area contributed by atoms with Gasteiger partial charge >= 0.3 is 18.2 Å². The van der Waals surface area contributed by atoms with E-state index in [4.69, 9.17) is 15.3 Å². The van der Waals surface area contributed by atoms with Crippen LogP contribution in [0, 0.1) is 0 Å². The average Bonchev–Trinajstić information content (AvgIpc) is 3.28. The molecular formula is C21H26N6O5. The molecule has 170 valence electrons. The van der Waals surface area contributed by atoms with Crippen molar-refractivity contribution in [1.82, 2.24) is 25.1 Å². The summed E-state index contributed by atoms with van der Waals surface area (Å²) in [6.45, 7) is 5.87. The molecule has 0 saturated carbocycles. The molecule has 1 aromatic carbocycles. The van der Waals surface area contributed by atoms with Gasteiger partial charge in [-0.2, -0.15) is 14.8 Å². The van der Waals surface area contributed by atoms with Crippen LogP contribution in [0.5, 0.6) is 0 Å². The summed E-state index contributed by atoms with van der Waals surface area (Å²) in [7, 11) is 0. The third-order valence-electron chi connectivity index (χ3n) is 5.19. The van der Waals surface area contributed by atoms with Gasteiger partial charge < -0.3 is 20.7 Å². The lowest BCUT2D eigenvalue weighted by Crippen LogP contribution is -2.42. The number of fused-ring (bicyclic) bond motifs is 4. The summed E-state index contributed by atoms with van der Waals surface area (Å²) in [5, 5.41) is 8.28. The highest BCUT2D eigenvalue weighted by molar-refractivity contribution is 5.79. The number of hydroxylamine groups is 2. The van der Waals surface area contributed by atoms with Crippen LogP contribution < -0.4 is 11.1 Å². The van der Waals surface area contributed by atoms with Crippen molar-refractivity contribution in [2.45, 2.75) is 45.1 Å². The van der Waals surface area contributed by atoms with Gasteiger partial charge in [-0.3, -0.25) is 4.84 Å². The Morgan fingerprint density at radius 2 is 1.97 bits per heavy atom. The Kier molecular flexibility index (Phi) is 5.51. The van der Waals surface area contributed by atoms with E-state index in [0.717, 1.165) is 10.2 Å². The van der Waals surface area contributed by atoms with Crippen molar-refractivity contribution in [3.8, 4) is 0 Å². The minimum Gasteiger partial charge on any atom is -0.444 e. The predicted octanol–water partition coefficient (Wildman–Crippen LogP) is 2.30. The second kappa shape index (κ2) is 8.15. The minimum absolute atomic E-state index is 0.0807. The summed E-state index contributed by atoms with van der Waals surface area (Å²) in [5.41, 5.74) is 6.78. The molecule has 1 fully saturated rings. The van der Waals surface area contributed by atoms with E-state index in [1.54, 1.807) is 25.7 Å². The summed E-state index contributed by atoms with van der Waals surface area (Å²) in [5.74, 6) is 0. The summed E-state index contributed by atoms with van der Waals surface area (Å²) in [6.07, 6.45) is 0.888. The zero-order chi connectivity index (χ0) is 23.0. The highest BCUT2D eigenvalue weighted by Crippen LogP contribution is 2.43. The molecule has 11 nitrogen and oxygen atoms in total. The molecule has 2 aliphatic rings. The van der Waals surface area contributed by atoms with Crippen LogP contribution in [-0.4, -0.2) is 56.6 Å². The van der Waals surface area contributed by atoms with E-state index in [9.17, 15) is 14.4 Å². The third-order valence-corrected chi connectivity index (χ3v) is 5.19. The first kappa shape index (κ1) is 21.6. The van der Waals surface area contributed by atoms with Crippen molar-refractivity contribution in [2.75, 3.05) is 13.1 Å². The Morgan fingerprint density at radius 3 is 2.62 bits per heavy atom. The van der Waals surface area contributed by atoms with E-state index in [-0.39, 0.29) is 19.2 Å². The number of nitrogens with one attached hydrogen (secondary N) is 1. The molecular weight excluding hydrogens is 416 g/mol. The number of urea groups is 1. The molecule has 3 heterocycles. The van der Waals surface area contributed by atoms with Crippen LogP contribution in [-0.2, 0) is 16.2 Å². The number of nitrogens with zero attached hydrogens (tertiary/aromatic N) is 4. The van der Waals surface area contributed by atoms with E-state index < -0.39 is 29.8 Å². The van der Waals surface area contributed by atoms with Gasteiger partial charge in [0.25, 0.3) is 0 Å². The number of primary amides is 1. The number of carbonyl (C=O) groups excluding carboxylic acids is 3. The summed E-state index contributed by atoms with van der Waals surface area (Å²) in [6, 6.07) is 7.32. The van der Waals surface area contributed by atoms with E-state index in [2.05, 4.69) is 10.4 Å². The largest absolute Gasteiger partial charge is 0.444 e. The predicted molar refractivity (Wildman–Crippen MR) is 112 cm³/mol. The topological polar surface area (TPSA) is 132 Å². The van der Waals surface area contributed by atoms with Crippen molar-refractivity contribution in [1.29, 1.82) is 0 Å². The lowest BCUT2D eigenvalue weighted by molar-refractivity contribution is -0.142. The lowest BCUT2D eigenvalue weighted by atomic mass is 9.98. The lowest BCUT2D eigenvalue weighted by Gasteiger charge is -2.30. The van der Waals surface area contributed by atoms with Crippen LogP contribution in [0.15, 0.2) is 36.5 Å². The monoisotopic (exact) mass is 442 g/mol. The maximum absolute atomic E-state index is 13.1. The van der Waals surface area contributed by atoms with Crippen LogP contribution in [0.1, 0.15) is 49.7 Å². The molecule has 2 atom stereocenters. The number of hydrogen-bond donors (Lipinski definition) is 2. The average molecular weight is 442 g/mol. The molecule has 0 radical (unpaired) electrons. The van der Waals surface area contributed by atoms with Crippen molar-refractivity contribution in [2.24, 2.45) is 5.73 Å². The summed E-state index contributed by atoms with van der Waals surface area (Å²) in [4.78, 5) is 44.5. The number of rotatable bonds is 5. The standard InChI is InChI=1S/C21H26N6O5/c1-21(2,3)32-19(29)23-9-15-14-10-26(18(22)28)24-17(14)16-11-25(15)20(30)27(16)31-12-13-7-5-4-6-8-13/h4-8,10,15-16H,9,11-12H2,1-3H3,(H2,22,28)(H,23,29)/t15-,16+/m0/s1. The van der Waals surface area contributed by atoms with E-state index in [1.807, 2.05) is 30.3 Å². The zero-order valence-corrected chi connectivity index (χ0v) is 18.1. The number of aromatic nitrogens is 2. The van der Waals surface area contributed by atoms with Crippen molar-refractivity contribution < 1.29 is 24.0 Å². The molecule has 0 aliphatic carbocycles. The Balaban J connectivity index is 1.57. The molecule has 4 amide bonds. The summed E-state index contributed by atoms with van der Waals surface area (Å²) >= 11 is 0. The fourth-order valence-electron chi connectivity index (χ4n) is 3.83. The van der Waals surface area contributed by atoms with E-state index in [1.165, 1.54) is 11.3 Å². The number of nitrogens with two attached hydrogens (primary N) is 1. The number of alkyl carbamates (subject to hydrolysis) is 1. The highest BCUT2D eigenvalue weighted by Gasteiger charge is 2.50. The van der Waals surface area contributed by atoms with Crippen LogP contribution in [0.3, 0.4) is 0 Å². The molecule has 3 N–H and O–H groups in total. The summed E-state index contributed by atoms with van der Waals surface area (Å²) < 4.78 is 6.33. The normalized spacial score (nSPS) is 19.7. The molecule has 11 heteroatoms. The smallest absolute Gasteiger partial charge is 0.407 e. The first-order valence-electron chi connectivity index (χ1n) is 10.3. The first-order valence-corrected chi connectivity index (χ1v) is 10.3. The van der Waals surface area contributed by atoms with Crippen molar-refractivity contribution in [3.05, 3.63) is 53.3 Å². The number of carbonyl (C=O) groups is 3. The fourth-order valence-corrected chi connectivity index (χ4v) is 3.83. The van der Waals surface area contributed by atoms with Gasteiger partial charge in [-0.15, -0.1) is 0 Å². The third kappa shape index (κ3) is 4.24. The van der Waals surface area contributed by atoms with Gasteiger partial charge in [-0.25, -0.2) is 14.4 Å². The van der Waals surface area contributed by atoms with Gasteiger partial charge in [0.1, 0.15) is 18.2 Å². The minimum atomic E-state index is -0.743. The molecule has 32 heavy (non-hydrogen) atoms.